The third-order valence-corrected chi connectivity index (χ3v) is 5.25. The molecule has 0 heterocycles. The van der Waals surface area contributed by atoms with Gasteiger partial charge in [-0.2, -0.15) is 8.42 Å². The Balaban J connectivity index is -0.00000338. The third kappa shape index (κ3) is 16.8. The molecule has 162 valence electrons. The van der Waals surface area contributed by atoms with Crippen molar-refractivity contribution in [2.75, 3.05) is 13.2 Å². The second kappa shape index (κ2) is 17.7. The van der Waals surface area contributed by atoms with Crippen molar-refractivity contribution in [3.8, 4) is 0 Å². The third-order valence-electron chi connectivity index (χ3n) is 4.17. The molecule has 0 amide bonds. The summed E-state index contributed by atoms with van der Waals surface area (Å²) in [5, 5.41) is -1.93. The summed E-state index contributed by atoms with van der Waals surface area (Å²) in [6.45, 7) is 6.24. The number of unbranched alkanes of at least 4 members (excludes halogenated alkanes) is 7. The predicted molar refractivity (Wildman–Crippen MR) is 105 cm³/mol. The van der Waals surface area contributed by atoms with E-state index in [4.69, 9.17) is 9.47 Å². The van der Waals surface area contributed by atoms with Crippen molar-refractivity contribution < 1.29 is 63.0 Å². The van der Waals surface area contributed by atoms with Crippen LogP contribution in [0.15, 0.2) is 0 Å². The van der Waals surface area contributed by atoms with Crippen molar-refractivity contribution in [3.63, 3.8) is 0 Å². The van der Waals surface area contributed by atoms with Gasteiger partial charge in [0.05, 0.1) is 19.6 Å². The second-order valence-corrected chi connectivity index (χ2v) is 8.85. The maximum absolute atomic E-state index is 11.9. The monoisotopic (exact) mass is 432 g/mol. The first-order valence-corrected chi connectivity index (χ1v) is 11.5. The maximum atomic E-state index is 11.9. The van der Waals surface area contributed by atoms with Crippen molar-refractivity contribution in [2.24, 2.45) is 5.92 Å². The van der Waals surface area contributed by atoms with Crippen LogP contribution in [0.5, 0.6) is 0 Å². The Bertz CT molecular complexity index is 527. The van der Waals surface area contributed by atoms with Crippen LogP contribution in [0.4, 0.5) is 0 Å². The average Bonchev–Trinajstić information content (AvgIpc) is 2.56. The predicted octanol–water partition coefficient (Wildman–Crippen LogP) is 1.02. The van der Waals surface area contributed by atoms with Crippen molar-refractivity contribution in [2.45, 2.75) is 90.2 Å². The molecule has 0 aromatic rings. The molecule has 0 saturated carbocycles. The number of hydrogen-bond donors (Lipinski definition) is 1. The van der Waals surface area contributed by atoms with Gasteiger partial charge in [0.25, 0.3) is 10.1 Å². The van der Waals surface area contributed by atoms with Gasteiger partial charge in [0.15, 0.2) is 5.25 Å². The fourth-order valence-electron chi connectivity index (χ4n) is 2.43. The summed E-state index contributed by atoms with van der Waals surface area (Å²) in [5.74, 6) is -1.68. The minimum atomic E-state index is -4.74. The van der Waals surface area contributed by atoms with Crippen molar-refractivity contribution in [3.05, 3.63) is 0 Å². The molecule has 0 aliphatic rings. The molecule has 0 aliphatic carbocycles. The number of hydrogen-bond acceptors (Lipinski definition) is 6. The fraction of sp³-hybridized carbons (Fsp3) is 0.895. The Hall–Kier alpha value is -0.150. The Kier molecular flexibility index (Phi) is 19.0. The van der Waals surface area contributed by atoms with Gasteiger partial charge in [-0.1, -0.05) is 65.7 Å². The summed E-state index contributed by atoms with van der Waals surface area (Å²) in [6, 6.07) is 0. The fourth-order valence-corrected chi connectivity index (χ4v) is 3.09. The molecule has 9 heteroatoms. The first-order valence-electron chi connectivity index (χ1n) is 9.97. The Morgan fingerprint density at radius 1 is 0.929 bits per heavy atom. The van der Waals surface area contributed by atoms with E-state index in [0.29, 0.717) is 12.8 Å². The zero-order valence-electron chi connectivity index (χ0n) is 18.9. The second-order valence-electron chi connectivity index (χ2n) is 7.25. The average molecular weight is 433 g/mol. The molecular formula is C19H37NaO7S. The summed E-state index contributed by atoms with van der Waals surface area (Å²) >= 11 is 0. The Morgan fingerprint density at radius 2 is 1.46 bits per heavy atom. The van der Waals surface area contributed by atoms with Crippen LogP contribution in [0.25, 0.3) is 0 Å². The maximum Gasteiger partial charge on any atom is 1.00 e. The van der Waals surface area contributed by atoms with E-state index in [1.165, 1.54) is 25.7 Å². The van der Waals surface area contributed by atoms with Crippen LogP contribution in [0.2, 0.25) is 0 Å². The van der Waals surface area contributed by atoms with Gasteiger partial charge in [0, 0.05) is 0 Å². The summed E-state index contributed by atoms with van der Waals surface area (Å²) < 4.78 is 41.8. The number of rotatable bonds is 16. The molecule has 0 spiro atoms. The van der Waals surface area contributed by atoms with E-state index >= 15 is 0 Å². The standard InChI is InChI=1S/C19H36O7S.Na.H/c1-4-5-6-7-8-9-10-11-13-25-18(20)15-17(27(22,23)24)19(21)26-14-12-16(2)3;;/h16-17H,4-15H2,1-3H3,(H,22,23,24);;/q;+1;-1. The molecule has 1 atom stereocenters. The van der Waals surface area contributed by atoms with Crippen molar-refractivity contribution in [1.29, 1.82) is 0 Å². The summed E-state index contributed by atoms with van der Waals surface area (Å²) in [4.78, 5) is 23.6. The normalized spacial score (nSPS) is 12.3. The molecule has 0 rings (SSSR count). The zero-order valence-corrected chi connectivity index (χ0v) is 20.8. The smallest absolute Gasteiger partial charge is 1.00 e. The van der Waals surface area contributed by atoms with Crippen molar-refractivity contribution >= 4 is 22.1 Å². The van der Waals surface area contributed by atoms with Gasteiger partial charge < -0.3 is 10.9 Å². The van der Waals surface area contributed by atoms with Crippen LogP contribution < -0.4 is 29.6 Å². The molecule has 28 heavy (non-hydrogen) atoms. The van der Waals surface area contributed by atoms with E-state index in [1.54, 1.807) is 0 Å². The SMILES string of the molecule is CCCCCCCCCCOC(=O)CC(C(=O)OCCC(C)C)S(=O)(=O)O.[H-].[Na+]. The molecule has 0 saturated heterocycles. The molecule has 0 fully saturated rings. The van der Waals surface area contributed by atoms with E-state index in [1.807, 2.05) is 13.8 Å². The van der Waals surface area contributed by atoms with Gasteiger partial charge in [-0.3, -0.25) is 14.1 Å². The van der Waals surface area contributed by atoms with Crippen LogP contribution >= 0.6 is 0 Å². The van der Waals surface area contributed by atoms with E-state index < -0.39 is 33.7 Å². The van der Waals surface area contributed by atoms with Gasteiger partial charge >= 0.3 is 41.5 Å². The summed E-state index contributed by atoms with van der Waals surface area (Å²) in [5.41, 5.74) is 0. The van der Waals surface area contributed by atoms with Gasteiger partial charge in [0.2, 0.25) is 0 Å². The minimum absolute atomic E-state index is 0. The van der Waals surface area contributed by atoms with Gasteiger partial charge in [-0.05, 0) is 18.8 Å². The zero-order chi connectivity index (χ0) is 20.7. The van der Waals surface area contributed by atoms with E-state index in [-0.39, 0.29) is 50.1 Å². The molecule has 0 aliphatic heterocycles. The summed E-state index contributed by atoms with van der Waals surface area (Å²) in [7, 11) is -4.74. The molecule has 0 radical (unpaired) electrons. The van der Waals surface area contributed by atoms with Crippen LogP contribution in [-0.2, 0) is 29.2 Å². The van der Waals surface area contributed by atoms with E-state index in [0.717, 1.165) is 19.3 Å². The number of carbonyl (C=O) groups excluding carboxylic acids is 2. The molecule has 0 aromatic heterocycles. The molecule has 1 unspecified atom stereocenters. The topological polar surface area (TPSA) is 107 Å². The molecular weight excluding hydrogens is 395 g/mol. The Morgan fingerprint density at radius 3 is 1.96 bits per heavy atom. The Labute approximate surface area is 193 Å². The molecule has 1 N–H and O–H groups in total. The van der Waals surface area contributed by atoms with E-state index in [2.05, 4.69) is 6.92 Å². The number of esters is 2. The van der Waals surface area contributed by atoms with Crippen molar-refractivity contribution in [1.82, 2.24) is 0 Å². The van der Waals surface area contributed by atoms with Crippen LogP contribution in [0.1, 0.15) is 86.4 Å². The van der Waals surface area contributed by atoms with Crippen LogP contribution in [0, 0.1) is 5.92 Å². The first kappa shape index (κ1) is 30.0. The van der Waals surface area contributed by atoms with Gasteiger partial charge in [-0.15, -0.1) is 0 Å². The minimum Gasteiger partial charge on any atom is -1.00 e. The molecule has 7 nitrogen and oxygen atoms in total. The summed E-state index contributed by atoms with van der Waals surface area (Å²) in [6.07, 6.45) is 8.59. The van der Waals surface area contributed by atoms with Gasteiger partial charge in [-0.25, -0.2) is 0 Å². The molecule has 0 aromatic carbocycles. The largest absolute Gasteiger partial charge is 1.00 e. The van der Waals surface area contributed by atoms with E-state index in [9.17, 15) is 22.6 Å². The van der Waals surface area contributed by atoms with Gasteiger partial charge in [0.1, 0.15) is 0 Å². The number of ether oxygens (including phenoxy) is 2. The quantitative estimate of drug-likeness (QED) is 0.168. The number of carbonyl (C=O) groups is 2. The first-order chi connectivity index (χ1) is 12.7. The molecule has 0 bridgehead atoms. The van der Waals surface area contributed by atoms with Crippen LogP contribution in [0.3, 0.4) is 0 Å². The van der Waals surface area contributed by atoms with Crippen LogP contribution in [-0.4, -0.2) is 43.4 Å².